The SMILES string of the molecule is CCOc1cc(C(=O)N2CCOC3(CCN(Cc4cccc(CCOCCC(=O)N(CCNCCc5ccc(O)c6c5OCC(=O)N6)C5CCCCC5)c4)CC3)C2)ccn1.O=C(O)C(F)(F)F. The Morgan fingerprint density at radius 2 is 1.76 bits per heavy atom. The molecule has 0 bridgehead atoms. The van der Waals surface area contributed by atoms with Gasteiger partial charge in [0.05, 0.1) is 45.0 Å². The number of carbonyl (C=O) groups excluding carboxylic acids is 3. The fourth-order valence-electron chi connectivity index (χ4n) is 8.99. The number of rotatable bonds is 18. The molecule has 0 atom stereocenters. The van der Waals surface area contributed by atoms with Crippen LogP contribution in [0.4, 0.5) is 18.9 Å². The molecule has 3 amide bonds. The van der Waals surface area contributed by atoms with Crippen LogP contribution in [0.1, 0.15) is 85.3 Å². The van der Waals surface area contributed by atoms with Crippen molar-refractivity contribution >= 4 is 29.4 Å². The molecule has 67 heavy (non-hydrogen) atoms. The average Bonchev–Trinajstić information content (AvgIpc) is 3.32. The molecule has 2 saturated heterocycles. The van der Waals surface area contributed by atoms with E-state index < -0.39 is 12.1 Å². The molecule has 1 spiro atoms. The first-order valence-corrected chi connectivity index (χ1v) is 23.2. The Labute approximate surface area is 389 Å². The number of phenols is 1. The minimum atomic E-state index is -5.08. The van der Waals surface area contributed by atoms with Crippen LogP contribution < -0.4 is 20.1 Å². The predicted octanol–water partition coefficient (Wildman–Crippen LogP) is 5.60. The molecule has 1 aliphatic carbocycles. The number of carboxylic acid groups (broad SMARTS) is 1. The van der Waals surface area contributed by atoms with Crippen LogP contribution in [0.5, 0.6) is 17.4 Å². The van der Waals surface area contributed by atoms with Crippen LogP contribution in [0.2, 0.25) is 0 Å². The Balaban J connectivity index is 0.000000980. The number of nitrogens with zero attached hydrogens (tertiary/aromatic N) is 4. The number of halogens is 3. The van der Waals surface area contributed by atoms with Crippen molar-refractivity contribution in [2.24, 2.45) is 0 Å². The summed E-state index contributed by atoms with van der Waals surface area (Å²) in [5, 5.41) is 23.5. The van der Waals surface area contributed by atoms with Crippen LogP contribution >= 0.6 is 0 Å². The molecular formula is C48H63F3N6O10. The van der Waals surface area contributed by atoms with E-state index in [1.54, 1.807) is 24.4 Å². The Kier molecular flexibility index (Phi) is 18.6. The molecule has 0 radical (unpaired) electrons. The summed E-state index contributed by atoms with van der Waals surface area (Å²) in [5.74, 6) is -1.91. The molecule has 3 aromatic rings. The summed E-state index contributed by atoms with van der Waals surface area (Å²) in [4.78, 5) is 58.3. The first-order chi connectivity index (χ1) is 32.2. The highest BCUT2D eigenvalue weighted by atomic mass is 19.4. The van der Waals surface area contributed by atoms with E-state index in [9.17, 15) is 32.7 Å². The van der Waals surface area contributed by atoms with Gasteiger partial charge in [-0.05, 0) is 80.8 Å². The van der Waals surface area contributed by atoms with Crippen molar-refractivity contribution in [1.82, 2.24) is 25.0 Å². The first kappa shape index (κ1) is 50.9. The van der Waals surface area contributed by atoms with Gasteiger partial charge in [-0.15, -0.1) is 0 Å². The number of piperidine rings is 1. The number of carboxylic acids is 1. The zero-order valence-electron chi connectivity index (χ0n) is 38.1. The van der Waals surface area contributed by atoms with Crippen LogP contribution in [0.25, 0.3) is 0 Å². The van der Waals surface area contributed by atoms with Gasteiger partial charge in [0.25, 0.3) is 11.8 Å². The van der Waals surface area contributed by atoms with Crippen molar-refractivity contribution in [2.75, 3.05) is 84.2 Å². The molecule has 4 N–H and O–H groups in total. The number of hydrogen-bond acceptors (Lipinski definition) is 12. The standard InChI is InChI=1S/C46H62N6O8.C2HF3O2/c1-2-58-41-30-37(14-20-48-41)45(56)51-25-28-60-46(33-51)17-22-50(23-18-46)31-35-8-6-7-34(29-35)15-26-57-27-16-42(55)52(38-9-4-3-5-10-38)24-21-47-19-13-36-11-12-39(53)43-44(36)59-32-40(54)49-43;3-2(4,5)1(6)7/h6-8,11-12,14,20,29-30,38,47,53H,2-5,9-10,13,15-19,21-28,31-33H2,1H3,(H,49,54);(H,6,7). The minimum Gasteiger partial charge on any atom is -0.506 e. The lowest BCUT2D eigenvalue weighted by atomic mass is 9.89. The number of amides is 3. The lowest BCUT2D eigenvalue weighted by Crippen LogP contribution is -2.57. The number of carbonyl (C=O) groups is 4. The monoisotopic (exact) mass is 940 g/mol. The van der Waals surface area contributed by atoms with Gasteiger partial charge in [-0.2, -0.15) is 13.2 Å². The number of pyridine rings is 1. The summed E-state index contributed by atoms with van der Waals surface area (Å²) in [6.45, 7) is 9.65. The average molecular weight is 941 g/mol. The van der Waals surface area contributed by atoms with Crippen LogP contribution in [0.3, 0.4) is 0 Å². The minimum absolute atomic E-state index is 0.00425. The smallest absolute Gasteiger partial charge is 0.490 e. The van der Waals surface area contributed by atoms with Crippen molar-refractivity contribution in [1.29, 1.82) is 0 Å². The molecule has 2 aromatic carbocycles. The number of alkyl halides is 3. The molecule has 4 heterocycles. The van der Waals surface area contributed by atoms with E-state index in [-0.39, 0.29) is 41.7 Å². The van der Waals surface area contributed by atoms with Crippen molar-refractivity contribution < 1.29 is 61.5 Å². The van der Waals surface area contributed by atoms with Crippen molar-refractivity contribution in [3.8, 4) is 17.4 Å². The maximum Gasteiger partial charge on any atom is 0.490 e. The maximum absolute atomic E-state index is 13.6. The maximum atomic E-state index is 13.6. The Bertz CT molecular complexity index is 2130. The summed E-state index contributed by atoms with van der Waals surface area (Å²) in [6.07, 6.45) is 5.71. The first-order valence-electron chi connectivity index (χ1n) is 23.2. The van der Waals surface area contributed by atoms with Crippen molar-refractivity contribution in [2.45, 2.75) is 95.5 Å². The van der Waals surface area contributed by atoms with Gasteiger partial charge in [-0.25, -0.2) is 9.78 Å². The van der Waals surface area contributed by atoms with Gasteiger partial charge in [0.15, 0.2) is 12.4 Å². The number of hydrogen-bond donors (Lipinski definition) is 4. The van der Waals surface area contributed by atoms with Crippen LogP contribution in [-0.2, 0) is 43.2 Å². The van der Waals surface area contributed by atoms with E-state index in [0.717, 1.165) is 70.1 Å². The van der Waals surface area contributed by atoms with Gasteiger partial charge in [-0.3, -0.25) is 19.3 Å². The molecule has 3 aliphatic heterocycles. The number of fused-ring (bicyclic) bond motifs is 1. The molecule has 0 unspecified atom stereocenters. The highest BCUT2D eigenvalue weighted by Gasteiger charge is 2.41. The molecule has 1 saturated carbocycles. The summed E-state index contributed by atoms with van der Waals surface area (Å²) < 4.78 is 55.3. The summed E-state index contributed by atoms with van der Waals surface area (Å²) in [7, 11) is 0. The quantitative estimate of drug-likeness (QED) is 0.0912. The molecule has 7 rings (SSSR count). The second-order valence-corrected chi connectivity index (χ2v) is 17.2. The number of aromatic hydroxyl groups is 1. The van der Waals surface area contributed by atoms with Gasteiger partial charge in [0.1, 0.15) is 11.4 Å². The van der Waals surface area contributed by atoms with E-state index in [1.807, 2.05) is 17.9 Å². The number of aromatic nitrogens is 1. The second kappa shape index (κ2) is 24.5. The molecule has 19 heteroatoms. The lowest BCUT2D eigenvalue weighted by Gasteiger charge is -2.47. The van der Waals surface area contributed by atoms with Gasteiger partial charge in [0.2, 0.25) is 11.8 Å². The zero-order valence-corrected chi connectivity index (χ0v) is 38.1. The van der Waals surface area contributed by atoms with Crippen LogP contribution in [0, 0.1) is 0 Å². The van der Waals surface area contributed by atoms with E-state index in [4.69, 9.17) is 28.8 Å². The third-order valence-corrected chi connectivity index (χ3v) is 12.5. The topological polar surface area (TPSA) is 192 Å². The number of anilines is 1. The normalized spacial score (nSPS) is 17.4. The lowest BCUT2D eigenvalue weighted by molar-refractivity contribution is -0.192. The Morgan fingerprint density at radius 1 is 1.00 bits per heavy atom. The number of likely N-dealkylation sites (tertiary alicyclic amines) is 1. The molecule has 366 valence electrons. The molecular weight excluding hydrogens is 878 g/mol. The van der Waals surface area contributed by atoms with Crippen molar-refractivity contribution in [3.05, 3.63) is 77.0 Å². The molecule has 16 nitrogen and oxygen atoms in total. The van der Waals surface area contributed by atoms with Gasteiger partial charge in [-0.1, -0.05) is 49.6 Å². The van der Waals surface area contributed by atoms with Gasteiger partial charge >= 0.3 is 12.1 Å². The number of phenolic OH excluding ortho intramolecular Hbond substituents is 1. The largest absolute Gasteiger partial charge is 0.506 e. The molecule has 4 aliphatic rings. The Morgan fingerprint density at radius 3 is 2.51 bits per heavy atom. The van der Waals surface area contributed by atoms with Crippen LogP contribution in [0.15, 0.2) is 54.7 Å². The van der Waals surface area contributed by atoms with Crippen molar-refractivity contribution in [3.63, 3.8) is 0 Å². The summed E-state index contributed by atoms with van der Waals surface area (Å²) >= 11 is 0. The number of nitrogens with one attached hydrogen (secondary N) is 2. The predicted molar refractivity (Wildman–Crippen MR) is 241 cm³/mol. The van der Waals surface area contributed by atoms with Gasteiger partial charge in [0, 0.05) is 63.1 Å². The van der Waals surface area contributed by atoms with E-state index in [2.05, 4.69) is 49.7 Å². The Hall–Kier alpha value is -5.50. The highest BCUT2D eigenvalue weighted by molar-refractivity contribution is 5.97. The third kappa shape index (κ3) is 15.0. The van der Waals surface area contributed by atoms with E-state index in [0.29, 0.717) is 94.9 Å². The third-order valence-electron chi connectivity index (χ3n) is 12.5. The highest BCUT2D eigenvalue weighted by Crippen LogP contribution is 2.39. The molecule has 1 aromatic heterocycles. The van der Waals surface area contributed by atoms with E-state index >= 15 is 0 Å². The fraction of sp³-hybridized carbons (Fsp3) is 0.562. The van der Waals surface area contributed by atoms with Crippen LogP contribution in [-0.4, -0.2) is 150 Å². The number of benzene rings is 2. The summed E-state index contributed by atoms with van der Waals surface area (Å²) in [5.41, 5.74) is 4.00. The molecule has 3 fully saturated rings. The number of morpholine rings is 1. The second-order valence-electron chi connectivity index (χ2n) is 17.2. The zero-order chi connectivity index (χ0) is 47.8. The number of ether oxygens (including phenoxy) is 4. The fourth-order valence-corrected chi connectivity index (χ4v) is 8.99. The number of aliphatic carboxylic acids is 1. The van der Waals surface area contributed by atoms with E-state index in [1.165, 1.54) is 17.5 Å². The van der Waals surface area contributed by atoms with Gasteiger partial charge < -0.3 is 49.6 Å². The summed E-state index contributed by atoms with van der Waals surface area (Å²) in [6, 6.07) is 15.8.